The standard InChI is InChI=1S/C16H15IN2O2/c1-11-3-5-12(6-4-11)10-18-19-16(20)13-7-8-15(21-2)14(17)9-13/h3-10H,1-2H3,(H,19,20). The van der Waals surface area contributed by atoms with Crippen LogP contribution in [0.3, 0.4) is 0 Å². The van der Waals surface area contributed by atoms with Gasteiger partial charge in [0.2, 0.25) is 0 Å². The predicted molar refractivity (Wildman–Crippen MR) is 92.0 cm³/mol. The Bertz CT molecular complexity index is 666. The minimum atomic E-state index is -0.251. The van der Waals surface area contributed by atoms with Crippen LogP contribution in [-0.2, 0) is 0 Å². The van der Waals surface area contributed by atoms with Crippen molar-refractivity contribution in [2.45, 2.75) is 6.92 Å². The smallest absolute Gasteiger partial charge is 0.271 e. The third kappa shape index (κ3) is 4.29. The average Bonchev–Trinajstić information content (AvgIpc) is 2.49. The molecule has 0 bridgehead atoms. The molecule has 2 aromatic carbocycles. The zero-order chi connectivity index (χ0) is 15.2. The van der Waals surface area contributed by atoms with Gasteiger partial charge in [-0.15, -0.1) is 0 Å². The van der Waals surface area contributed by atoms with Gasteiger partial charge in [-0.25, -0.2) is 5.43 Å². The molecule has 0 aliphatic carbocycles. The van der Waals surface area contributed by atoms with E-state index < -0.39 is 0 Å². The number of nitrogens with zero attached hydrogens (tertiary/aromatic N) is 1. The molecule has 1 N–H and O–H groups in total. The van der Waals surface area contributed by atoms with E-state index in [2.05, 4.69) is 33.1 Å². The number of hydrogen-bond acceptors (Lipinski definition) is 3. The fourth-order valence-corrected chi connectivity index (χ4v) is 2.43. The third-order valence-electron chi connectivity index (χ3n) is 2.87. The van der Waals surface area contributed by atoms with E-state index in [1.54, 1.807) is 31.5 Å². The van der Waals surface area contributed by atoms with Crippen LogP contribution in [0.4, 0.5) is 0 Å². The molecule has 0 radical (unpaired) electrons. The van der Waals surface area contributed by atoms with E-state index in [0.717, 1.165) is 14.9 Å². The highest BCUT2D eigenvalue weighted by molar-refractivity contribution is 14.1. The highest BCUT2D eigenvalue weighted by atomic mass is 127. The molecule has 5 heteroatoms. The lowest BCUT2D eigenvalue weighted by molar-refractivity contribution is 0.0955. The van der Waals surface area contributed by atoms with E-state index in [-0.39, 0.29) is 5.91 Å². The molecule has 0 atom stereocenters. The van der Waals surface area contributed by atoms with E-state index >= 15 is 0 Å². The topological polar surface area (TPSA) is 50.7 Å². The van der Waals surface area contributed by atoms with Crippen molar-refractivity contribution < 1.29 is 9.53 Å². The van der Waals surface area contributed by atoms with Crippen molar-refractivity contribution in [2.75, 3.05) is 7.11 Å². The number of nitrogens with one attached hydrogen (secondary N) is 1. The second-order valence-corrected chi connectivity index (χ2v) is 5.62. The molecule has 0 saturated carbocycles. The Balaban J connectivity index is 2.01. The summed E-state index contributed by atoms with van der Waals surface area (Å²) in [6, 6.07) is 13.1. The Morgan fingerprint density at radius 1 is 1.24 bits per heavy atom. The summed E-state index contributed by atoms with van der Waals surface area (Å²) < 4.78 is 6.04. The lowest BCUT2D eigenvalue weighted by Gasteiger charge is -2.05. The zero-order valence-electron chi connectivity index (χ0n) is 11.8. The summed E-state index contributed by atoms with van der Waals surface area (Å²) in [4.78, 5) is 12.0. The quantitative estimate of drug-likeness (QED) is 0.491. The first-order chi connectivity index (χ1) is 10.1. The van der Waals surface area contributed by atoms with E-state index in [0.29, 0.717) is 5.56 Å². The number of carbonyl (C=O) groups excluding carboxylic acids is 1. The second kappa shape index (κ2) is 7.21. The molecule has 0 fully saturated rings. The number of rotatable bonds is 4. The van der Waals surface area contributed by atoms with Crippen molar-refractivity contribution in [3.63, 3.8) is 0 Å². The van der Waals surface area contributed by atoms with Gasteiger partial charge in [-0.3, -0.25) is 4.79 Å². The Morgan fingerprint density at radius 2 is 1.95 bits per heavy atom. The first-order valence-corrected chi connectivity index (χ1v) is 7.41. The minimum Gasteiger partial charge on any atom is -0.496 e. The molecule has 0 heterocycles. The van der Waals surface area contributed by atoms with Crippen LogP contribution >= 0.6 is 22.6 Å². The summed E-state index contributed by atoms with van der Waals surface area (Å²) >= 11 is 2.13. The molecule has 4 nitrogen and oxygen atoms in total. The summed E-state index contributed by atoms with van der Waals surface area (Å²) in [7, 11) is 1.60. The van der Waals surface area contributed by atoms with Crippen LogP contribution in [0.2, 0.25) is 0 Å². The number of hydrogen-bond donors (Lipinski definition) is 1. The number of benzene rings is 2. The van der Waals surface area contributed by atoms with Gasteiger partial charge in [-0.2, -0.15) is 5.10 Å². The monoisotopic (exact) mass is 394 g/mol. The first-order valence-electron chi connectivity index (χ1n) is 6.34. The normalized spacial score (nSPS) is 10.6. The van der Waals surface area contributed by atoms with Gasteiger partial charge in [-0.05, 0) is 53.3 Å². The highest BCUT2D eigenvalue weighted by Gasteiger charge is 2.07. The third-order valence-corrected chi connectivity index (χ3v) is 3.71. The molecule has 0 spiro atoms. The molecule has 1 amide bonds. The summed E-state index contributed by atoms with van der Waals surface area (Å²) in [6.45, 7) is 2.02. The van der Waals surface area contributed by atoms with Crippen LogP contribution in [0.1, 0.15) is 21.5 Å². The number of carbonyl (C=O) groups is 1. The molecule has 0 unspecified atom stereocenters. The van der Waals surface area contributed by atoms with Crippen LogP contribution in [0.25, 0.3) is 0 Å². The molecule has 0 aromatic heterocycles. The summed E-state index contributed by atoms with van der Waals surface area (Å²) in [5.41, 5.74) is 5.18. The molecule has 21 heavy (non-hydrogen) atoms. The van der Waals surface area contributed by atoms with Gasteiger partial charge >= 0.3 is 0 Å². The lowest BCUT2D eigenvalue weighted by atomic mass is 10.2. The molecular weight excluding hydrogens is 379 g/mol. The van der Waals surface area contributed by atoms with Crippen molar-refractivity contribution >= 4 is 34.7 Å². The maximum absolute atomic E-state index is 12.0. The molecule has 0 aliphatic heterocycles. The largest absolute Gasteiger partial charge is 0.496 e. The fraction of sp³-hybridized carbons (Fsp3) is 0.125. The van der Waals surface area contributed by atoms with Crippen LogP contribution in [-0.4, -0.2) is 19.2 Å². The van der Waals surface area contributed by atoms with E-state index in [1.807, 2.05) is 31.2 Å². The maximum atomic E-state index is 12.0. The summed E-state index contributed by atoms with van der Waals surface area (Å²) in [6.07, 6.45) is 1.62. The number of hydrazone groups is 1. The molecule has 108 valence electrons. The number of amides is 1. The zero-order valence-corrected chi connectivity index (χ0v) is 13.9. The Kier molecular flexibility index (Phi) is 5.32. The van der Waals surface area contributed by atoms with Crippen LogP contribution in [0, 0.1) is 10.5 Å². The number of methoxy groups -OCH3 is 1. The molecule has 2 aromatic rings. The number of aryl methyl sites for hydroxylation is 1. The lowest BCUT2D eigenvalue weighted by Crippen LogP contribution is -2.17. The number of ether oxygens (including phenoxy) is 1. The summed E-state index contributed by atoms with van der Waals surface area (Å²) in [5, 5.41) is 3.96. The first kappa shape index (κ1) is 15.5. The Hall–Kier alpha value is -1.89. The van der Waals surface area contributed by atoms with Crippen LogP contribution in [0.15, 0.2) is 47.6 Å². The van der Waals surface area contributed by atoms with Gasteiger partial charge in [0, 0.05) is 5.56 Å². The van der Waals surface area contributed by atoms with Crippen molar-refractivity contribution in [1.29, 1.82) is 0 Å². The van der Waals surface area contributed by atoms with Crippen molar-refractivity contribution in [3.8, 4) is 5.75 Å². The van der Waals surface area contributed by atoms with Crippen molar-refractivity contribution in [1.82, 2.24) is 5.43 Å². The van der Waals surface area contributed by atoms with Crippen molar-refractivity contribution in [3.05, 3.63) is 62.7 Å². The van der Waals surface area contributed by atoms with Crippen LogP contribution < -0.4 is 10.2 Å². The highest BCUT2D eigenvalue weighted by Crippen LogP contribution is 2.21. The van der Waals surface area contributed by atoms with E-state index in [1.165, 1.54) is 5.56 Å². The minimum absolute atomic E-state index is 0.251. The van der Waals surface area contributed by atoms with Gasteiger partial charge in [0.1, 0.15) is 5.75 Å². The molecule has 0 saturated heterocycles. The van der Waals surface area contributed by atoms with Gasteiger partial charge in [0.25, 0.3) is 5.91 Å². The van der Waals surface area contributed by atoms with Gasteiger partial charge < -0.3 is 4.74 Å². The average molecular weight is 394 g/mol. The maximum Gasteiger partial charge on any atom is 0.271 e. The van der Waals surface area contributed by atoms with Gasteiger partial charge in [-0.1, -0.05) is 29.8 Å². The van der Waals surface area contributed by atoms with Gasteiger partial charge in [0.05, 0.1) is 16.9 Å². The van der Waals surface area contributed by atoms with E-state index in [9.17, 15) is 4.79 Å². The van der Waals surface area contributed by atoms with Crippen LogP contribution in [0.5, 0.6) is 5.75 Å². The SMILES string of the molecule is COc1ccc(C(=O)NN=Cc2ccc(C)cc2)cc1I. The molecule has 0 aliphatic rings. The van der Waals surface area contributed by atoms with E-state index in [4.69, 9.17) is 4.74 Å². The Morgan fingerprint density at radius 3 is 2.57 bits per heavy atom. The fourth-order valence-electron chi connectivity index (χ4n) is 1.69. The number of halogens is 1. The molecular formula is C16H15IN2O2. The van der Waals surface area contributed by atoms with Gasteiger partial charge in [0.15, 0.2) is 0 Å². The molecule has 2 rings (SSSR count). The second-order valence-electron chi connectivity index (χ2n) is 4.46. The van der Waals surface area contributed by atoms with Crippen molar-refractivity contribution in [2.24, 2.45) is 5.10 Å². The summed E-state index contributed by atoms with van der Waals surface area (Å²) in [5.74, 6) is 0.495. The Labute approximate surface area is 137 Å². The predicted octanol–water partition coefficient (Wildman–Crippen LogP) is 3.37.